The number of nitrogens with zero attached hydrogens (tertiary/aromatic N) is 2. The van der Waals surface area contributed by atoms with Crippen LogP contribution in [0.2, 0.25) is 0 Å². The van der Waals surface area contributed by atoms with Gasteiger partial charge in [0, 0.05) is 37.6 Å². The molecule has 1 aromatic carbocycles. The molecule has 0 spiro atoms. The molecule has 0 radical (unpaired) electrons. The smallest absolute Gasteiger partial charge is 0.247 e. The molecule has 1 aliphatic rings. The number of methoxy groups -OCH3 is 1. The van der Waals surface area contributed by atoms with Crippen LogP contribution in [0.5, 0.6) is 11.5 Å². The molecular weight excluding hydrogens is 346 g/mol. The first-order chi connectivity index (χ1) is 13.1. The third kappa shape index (κ3) is 4.55. The average Bonchev–Trinajstić information content (AvgIpc) is 3.18. The quantitative estimate of drug-likeness (QED) is 0.847. The number of anilines is 1. The highest BCUT2D eigenvalue weighted by Gasteiger charge is 2.32. The van der Waals surface area contributed by atoms with Gasteiger partial charge in [-0.15, -0.1) is 0 Å². The summed E-state index contributed by atoms with van der Waals surface area (Å²) in [6.07, 6.45) is 4.91. The van der Waals surface area contributed by atoms with Crippen LogP contribution in [0.3, 0.4) is 0 Å². The highest BCUT2D eigenvalue weighted by atomic mass is 16.5. The molecule has 1 saturated heterocycles. The second-order valence-electron chi connectivity index (χ2n) is 6.37. The van der Waals surface area contributed by atoms with E-state index in [4.69, 9.17) is 9.47 Å². The first-order valence-electron chi connectivity index (χ1n) is 8.86. The van der Waals surface area contributed by atoms with Crippen LogP contribution in [0.4, 0.5) is 5.69 Å². The molecule has 1 fully saturated rings. The van der Waals surface area contributed by atoms with Crippen LogP contribution in [0.15, 0.2) is 42.7 Å². The first kappa shape index (κ1) is 18.7. The molecule has 2 aromatic rings. The molecule has 0 aliphatic carbocycles. The van der Waals surface area contributed by atoms with Crippen LogP contribution < -0.4 is 14.8 Å². The van der Waals surface area contributed by atoms with Crippen molar-refractivity contribution in [2.45, 2.75) is 32.4 Å². The zero-order chi connectivity index (χ0) is 19.2. The van der Waals surface area contributed by atoms with E-state index in [9.17, 15) is 9.59 Å². The minimum Gasteiger partial charge on any atom is -0.493 e. The normalized spacial score (nSPS) is 16.1. The standard InChI is InChI=1S/C20H23N3O4/c1-14(24)23-11-3-4-17(23)20(25)22-16-5-6-18(26-2)19(12-16)27-13-15-7-9-21-10-8-15/h5-10,12,17H,3-4,11,13H2,1-2H3,(H,22,25)/t17-/m1/s1. The van der Waals surface area contributed by atoms with Gasteiger partial charge in [-0.1, -0.05) is 0 Å². The summed E-state index contributed by atoms with van der Waals surface area (Å²) in [6, 6.07) is 8.54. The molecule has 3 rings (SSSR count). The molecule has 2 amide bonds. The minimum absolute atomic E-state index is 0.0799. The lowest BCUT2D eigenvalue weighted by Gasteiger charge is -2.22. The van der Waals surface area contributed by atoms with Gasteiger partial charge in [0.25, 0.3) is 0 Å². The third-order valence-corrected chi connectivity index (χ3v) is 4.53. The fourth-order valence-corrected chi connectivity index (χ4v) is 3.15. The van der Waals surface area contributed by atoms with Crippen molar-refractivity contribution < 1.29 is 19.1 Å². The van der Waals surface area contributed by atoms with Crippen molar-refractivity contribution in [2.75, 3.05) is 19.0 Å². The number of ether oxygens (including phenoxy) is 2. The Kier molecular flexibility index (Phi) is 5.90. The van der Waals surface area contributed by atoms with E-state index in [2.05, 4.69) is 10.3 Å². The summed E-state index contributed by atoms with van der Waals surface area (Å²) in [5.41, 5.74) is 1.57. The van der Waals surface area contributed by atoms with Crippen molar-refractivity contribution in [3.8, 4) is 11.5 Å². The van der Waals surface area contributed by atoms with Gasteiger partial charge in [0.05, 0.1) is 7.11 Å². The number of carbonyl (C=O) groups excluding carboxylic acids is 2. The number of benzene rings is 1. The second kappa shape index (κ2) is 8.53. The number of hydrogen-bond acceptors (Lipinski definition) is 5. The van der Waals surface area contributed by atoms with Crippen molar-refractivity contribution in [3.63, 3.8) is 0 Å². The Labute approximate surface area is 158 Å². The molecular formula is C20H23N3O4. The SMILES string of the molecule is COc1ccc(NC(=O)[C@H]2CCCN2C(C)=O)cc1OCc1ccncc1. The lowest BCUT2D eigenvalue weighted by atomic mass is 10.2. The molecule has 1 aliphatic heterocycles. The highest BCUT2D eigenvalue weighted by molar-refractivity contribution is 5.97. The molecule has 1 N–H and O–H groups in total. The van der Waals surface area contributed by atoms with Crippen molar-refractivity contribution in [2.24, 2.45) is 0 Å². The molecule has 7 heteroatoms. The van der Waals surface area contributed by atoms with Crippen LogP contribution in [-0.4, -0.2) is 41.4 Å². The maximum atomic E-state index is 12.6. The zero-order valence-corrected chi connectivity index (χ0v) is 15.5. The van der Waals surface area contributed by atoms with E-state index in [-0.39, 0.29) is 11.8 Å². The van der Waals surface area contributed by atoms with Gasteiger partial charge in [0.1, 0.15) is 12.6 Å². The Morgan fingerprint density at radius 2 is 2.00 bits per heavy atom. The molecule has 7 nitrogen and oxygen atoms in total. The topological polar surface area (TPSA) is 80.8 Å². The summed E-state index contributed by atoms with van der Waals surface area (Å²) in [6.45, 7) is 2.47. The van der Waals surface area contributed by atoms with E-state index >= 15 is 0 Å². The maximum absolute atomic E-state index is 12.6. The van der Waals surface area contributed by atoms with Gasteiger partial charge in [0.2, 0.25) is 11.8 Å². The van der Waals surface area contributed by atoms with Crippen LogP contribution in [0, 0.1) is 0 Å². The Hall–Kier alpha value is -3.09. The van der Waals surface area contributed by atoms with Gasteiger partial charge in [-0.25, -0.2) is 0 Å². The van der Waals surface area contributed by atoms with Gasteiger partial charge in [-0.2, -0.15) is 0 Å². The summed E-state index contributed by atoms with van der Waals surface area (Å²) < 4.78 is 11.2. The first-order valence-corrected chi connectivity index (χ1v) is 8.86. The van der Waals surface area contributed by atoms with E-state index in [0.717, 1.165) is 12.0 Å². The molecule has 27 heavy (non-hydrogen) atoms. The minimum atomic E-state index is -0.425. The van der Waals surface area contributed by atoms with Crippen molar-refractivity contribution in [1.82, 2.24) is 9.88 Å². The third-order valence-electron chi connectivity index (χ3n) is 4.53. The molecule has 1 aromatic heterocycles. The van der Waals surface area contributed by atoms with Crippen LogP contribution in [0.25, 0.3) is 0 Å². The zero-order valence-electron chi connectivity index (χ0n) is 15.5. The molecule has 0 unspecified atom stereocenters. The summed E-state index contributed by atoms with van der Waals surface area (Å²) in [7, 11) is 1.57. The predicted molar refractivity (Wildman–Crippen MR) is 101 cm³/mol. The Bertz CT molecular complexity index is 810. The number of amides is 2. The molecule has 2 heterocycles. The molecule has 142 valence electrons. The fraction of sp³-hybridized carbons (Fsp3) is 0.350. The molecule has 0 saturated carbocycles. The van der Waals surface area contributed by atoms with E-state index in [1.165, 1.54) is 6.92 Å². The Morgan fingerprint density at radius 3 is 2.70 bits per heavy atom. The number of hydrogen-bond donors (Lipinski definition) is 1. The number of rotatable bonds is 6. The number of carbonyl (C=O) groups is 2. The number of nitrogens with one attached hydrogen (secondary N) is 1. The van der Waals surface area contributed by atoms with Crippen LogP contribution in [-0.2, 0) is 16.2 Å². The van der Waals surface area contributed by atoms with Crippen molar-refractivity contribution in [3.05, 3.63) is 48.3 Å². The average molecular weight is 369 g/mol. The van der Waals surface area contributed by atoms with Crippen molar-refractivity contribution in [1.29, 1.82) is 0 Å². The van der Waals surface area contributed by atoms with Crippen molar-refractivity contribution >= 4 is 17.5 Å². The summed E-state index contributed by atoms with van der Waals surface area (Å²) in [5, 5.41) is 2.88. The van der Waals surface area contributed by atoms with E-state index in [0.29, 0.717) is 36.8 Å². The van der Waals surface area contributed by atoms with Gasteiger partial charge in [0.15, 0.2) is 11.5 Å². The Morgan fingerprint density at radius 1 is 1.22 bits per heavy atom. The lowest BCUT2D eigenvalue weighted by molar-refractivity contribution is -0.134. The summed E-state index contributed by atoms with van der Waals surface area (Å²) in [4.78, 5) is 29.9. The van der Waals surface area contributed by atoms with E-state index in [1.54, 1.807) is 42.6 Å². The van der Waals surface area contributed by atoms with Crippen LogP contribution in [0.1, 0.15) is 25.3 Å². The van der Waals surface area contributed by atoms with Gasteiger partial charge >= 0.3 is 0 Å². The van der Waals surface area contributed by atoms with E-state index < -0.39 is 6.04 Å². The molecule has 1 atom stereocenters. The summed E-state index contributed by atoms with van der Waals surface area (Å²) in [5.74, 6) is 0.840. The fourth-order valence-electron chi connectivity index (χ4n) is 3.15. The molecule has 0 bridgehead atoms. The number of likely N-dealkylation sites (tertiary alicyclic amines) is 1. The number of aromatic nitrogens is 1. The van der Waals surface area contributed by atoms with Gasteiger partial charge in [-0.05, 0) is 42.7 Å². The maximum Gasteiger partial charge on any atom is 0.247 e. The van der Waals surface area contributed by atoms with Gasteiger partial charge < -0.3 is 19.7 Å². The second-order valence-corrected chi connectivity index (χ2v) is 6.37. The monoisotopic (exact) mass is 369 g/mol. The lowest BCUT2D eigenvalue weighted by Crippen LogP contribution is -2.42. The summed E-state index contributed by atoms with van der Waals surface area (Å²) >= 11 is 0. The van der Waals surface area contributed by atoms with E-state index in [1.807, 2.05) is 12.1 Å². The highest BCUT2D eigenvalue weighted by Crippen LogP contribution is 2.31. The van der Waals surface area contributed by atoms with Crippen LogP contribution >= 0.6 is 0 Å². The predicted octanol–water partition coefficient (Wildman–Crippen LogP) is 2.62. The van der Waals surface area contributed by atoms with Gasteiger partial charge in [-0.3, -0.25) is 14.6 Å². The number of pyridine rings is 1. The Balaban J connectivity index is 1.70. The largest absolute Gasteiger partial charge is 0.493 e.